The number of pyridine rings is 1. The fourth-order valence-electron chi connectivity index (χ4n) is 2.45. The summed E-state index contributed by atoms with van der Waals surface area (Å²) in [6.45, 7) is 5.27. The number of rotatable bonds is 11. The smallest absolute Gasteiger partial charge is 0.269 e. The van der Waals surface area contributed by atoms with E-state index in [4.69, 9.17) is 4.74 Å². The summed E-state index contributed by atoms with van der Waals surface area (Å²) in [4.78, 5) is 19.2. The van der Waals surface area contributed by atoms with E-state index < -0.39 is 4.92 Å². The van der Waals surface area contributed by atoms with E-state index in [0.717, 1.165) is 30.6 Å². The van der Waals surface area contributed by atoms with Crippen molar-refractivity contribution in [3.8, 4) is 0 Å². The highest BCUT2D eigenvalue weighted by Gasteiger charge is 2.04. The number of hydrogen-bond acceptors (Lipinski definition) is 5. The molecule has 29 heavy (non-hydrogen) atoms. The number of ether oxygens (including phenoxy) is 1. The number of nitro benzene ring substituents is 1. The molecule has 1 aromatic heterocycles. The van der Waals surface area contributed by atoms with Gasteiger partial charge in [0.1, 0.15) is 0 Å². The van der Waals surface area contributed by atoms with Crippen molar-refractivity contribution in [2.24, 2.45) is 4.99 Å². The molecule has 0 bridgehead atoms. The average molecular weight is 513 g/mol. The van der Waals surface area contributed by atoms with Gasteiger partial charge in [0.2, 0.25) is 0 Å². The maximum Gasteiger partial charge on any atom is 0.269 e. The summed E-state index contributed by atoms with van der Waals surface area (Å²) in [6.07, 6.45) is 3.45. The first-order valence-electron chi connectivity index (χ1n) is 9.42. The van der Waals surface area contributed by atoms with Crippen molar-refractivity contribution < 1.29 is 9.66 Å². The van der Waals surface area contributed by atoms with Crippen molar-refractivity contribution in [3.63, 3.8) is 0 Å². The first kappa shape index (κ1) is 24.8. The molecule has 0 fully saturated rings. The quantitative estimate of drug-likeness (QED) is 0.119. The van der Waals surface area contributed by atoms with Gasteiger partial charge in [-0.2, -0.15) is 0 Å². The minimum Gasteiger partial charge on any atom is -0.382 e. The van der Waals surface area contributed by atoms with Crippen LogP contribution in [0.25, 0.3) is 0 Å². The van der Waals surface area contributed by atoms with Crippen molar-refractivity contribution in [1.29, 1.82) is 0 Å². The van der Waals surface area contributed by atoms with Crippen molar-refractivity contribution in [2.75, 3.05) is 26.3 Å². The van der Waals surface area contributed by atoms with Gasteiger partial charge in [0.05, 0.1) is 11.5 Å². The Bertz CT molecular complexity index is 742. The van der Waals surface area contributed by atoms with Gasteiger partial charge in [0.15, 0.2) is 5.96 Å². The summed E-state index contributed by atoms with van der Waals surface area (Å²) < 4.78 is 5.35. The lowest BCUT2D eigenvalue weighted by Gasteiger charge is -2.12. The molecule has 0 amide bonds. The molecule has 2 aromatic rings. The van der Waals surface area contributed by atoms with Crippen LogP contribution in [0.1, 0.15) is 24.6 Å². The van der Waals surface area contributed by atoms with E-state index in [0.29, 0.717) is 32.3 Å². The normalized spacial score (nSPS) is 10.9. The third-order valence-corrected chi connectivity index (χ3v) is 3.93. The second-order valence-electron chi connectivity index (χ2n) is 6.06. The number of aliphatic imine (C=N–C) groups is 1. The molecule has 1 heterocycles. The Morgan fingerprint density at radius 3 is 2.59 bits per heavy atom. The number of non-ortho nitro benzene ring substituents is 1. The Hall–Kier alpha value is -2.27. The summed E-state index contributed by atoms with van der Waals surface area (Å²) in [5, 5.41) is 17.4. The van der Waals surface area contributed by atoms with E-state index in [9.17, 15) is 10.1 Å². The Kier molecular flexibility index (Phi) is 12.5. The molecular formula is C20H28IN5O3. The van der Waals surface area contributed by atoms with Crippen LogP contribution in [0.5, 0.6) is 0 Å². The first-order chi connectivity index (χ1) is 13.7. The van der Waals surface area contributed by atoms with Gasteiger partial charge in [-0.3, -0.25) is 15.1 Å². The van der Waals surface area contributed by atoms with Gasteiger partial charge in [0.25, 0.3) is 5.69 Å². The Balaban J connectivity index is 0.00000420. The van der Waals surface area contributed by atoms with Crippen LogP contribution in [0.2, 0.25) is 0 Å². The molecule has 8 nitrogen and oxygen atoms in total. The zero-order valence-corrected chi connectivity index (χ0v) is 18.9. The van der Waals surface area contributed by atoms with Crippen LogP contribution in [-0.2, 0) is 17.7 Å². The van der Waals surface area contributed by atoms with E-state index in [2.05, 4.69) is 20.6 Å². The molecule has 0 atom stereocenters. The number of nitrogens with one attached hydrogen (secondary N) is 2. The number of nitro groups is 1. The first-order valence-corrected chi connectivity index (χ1v) is 9.42. The third-order valence-electron chi connectivity index (χ3n) is 3.93. The van der Waals surface area contributed by atoms with Crippen LogP contribution in [0.4, 0.5) is 5.69 Å². The standard InChI is InChI=1S/C20H27N5O3.HI/c1-2-28-15-5-13-22-20(23-14-11-18-6-3-4-12-21-18)24-16-17-7-9-19(10-8-17)25(26)27;/h3-4,6-10,12H,2,5,11,13-16H2,1H3,(H2,22,23,24);1H. The minimum absolute atomic E-state index is 0. The Labute approximate surface area is 188 Å². The van der Waals surface area contributed by atoms with Crippen LogP contribution < -0.4 is 10.6 Å². The minimum atomic E-state index is -0.405. The lowest BCUT2D eigenvalue weighted by atomic mass is 10.2. The number of hydrogen-bond donors (Lipinski definition) is 2. The van der Waals surface area contributed by atoms with E-state index in [1.807, 2.05) is 25.1 Å². The number of nitrogens with zero attached hydrogens (tertiary/aromatic N) is 3. The SMILES string of the molecule is CCOCCCNC(=NCc1ccc([N+](=O)[O-])cc1)NCCc1ccccn1.I. The number of halogens is 1. The van der Waals surface area contributed by atoms with Crippen LogP contribution in [0, 0.1) is 10.1 Å². The monoisotopic (exact) mass is 513 g/mol. The van der Waals surface area contributed by atoms with Crippen molar-refractivity contribution >= 4 is 35.6 Å². The van der Waals surface area contributed by atoms with Crippen molar-refractivity contribution in [3.05, 3.63) is 70.0 Å². The second-order valence-corrected chi connectivity index (χ2v) is 6.06. The zero-order chi connectivity index (χ0) is 20.0. The van der Waals surface area contributed by atoms with Crippen LogP contribution in [-0.4, -0.2) is 42.2 Å². The number of guanidine groups is 1. The molecule has 2 N–H and O–H groups in total. The van der Waals surface area contributed by atoms with Crippen LogP contribution in [0.15, 0.2) is 53.7 Å². The molecule has 0 saturated carbocycles. The topological polar surface area (TPSA) is 102 Å². The Morgan fingerprint density at radius 1 is 1.17 bits per heavy atom. The maximum absolute atomic E-state index is 10.7. The third kappa shape index (κ3) is 10.2. The van der Waals surface area contributed by atoms with Gasteiger partial charge in [0, 0.05) is 56.7 Å². The molecule has 158 valence electrons. The highest BCUT2D eigenvalue weighted by atomic mass is 127. The van der Waals surface area contributed by atoms with E-state index in [1.165, 1.54) is 12.1 Å². The summed E-state index contributed by atoms with van der Waals surface area (Å²) in [5.41, 5.74) is 2.00. The van der Waals surface area contributed by atoms with Crippen LogP contribution >= 0.6 is 24.0 Å². The van der Waals surface area contributed by atoms with Crippen molar-refractivity contribution in [2.45, 2.75) is 26.3 Å². The van der Waals surface area contributed by atoms with Gasteiger partial charge < -0.3 is 15.4 Å². The molecule has 0 unspecified atom stereocenters. The molecule has 0 aliphatic rings. The average Bonchev–Trinajstić information content (AvgIpc) is 2.72. The number of benzene rings is 1. The summed E-state index contributed by atoms with van der Waals surface area (Å²) >= 11 is 0. The molecule has 9 heteroatoms. The molecule has 1 aromatic carbocycles. The molecule has 0 radical (unpaired) electrons. The maximum atomic E-state index is 10.7. The van der Waals surface area contributed by atoms with Gasteiger partial charge >= 0.3 is 0 Å². The molecule has 0 aliphatic carbocycles. The predicted molar refractivity (Wildman–Crippen MR) is 125 cm³/mol. The molecule has 0 aliphatic heterocycles. The van der Waals surface area contributed by atoms with Gasteiger partial charge in [-0.1, -0.05) is 18.2 Å². The van der Waals surface area contributed by atoms with Gasteiger partial charge in [-0.25, -0.2) is 4.99 Å². The molecule has 2 rings (SSSR count). The number of aromatic nitrogens is 1. The largest absolute Gasteiger partial charge is 0.382 e. The van der Waals surface area contributed by atoms with E-state index in [-0.39, 0.29) is 29.7 Å². The Morgan fingerprint density at radius 2 is 1.93 bits per heavy atom. The zero-order valence-electron chi connectivity index (χ0n) is 16.5. The highest BCUT2D eigenvalue weighted by Crippen LogP contribution is 2.12. The summed E-state index contributed by atoms with van der Waals surface area (Å²) in [7, 11) is 0. The van der Waals surface area contributed by atoms with E-state index in [1.54, 1.807) is 18.3 Å². The molecule has 0 saturated heterocycles. The lowest BCUT2D eigenvalue weighted by molar-refractivity contribution is -0.384. The van der Waals surface area contributed by atoms with Gasteiger partial charge in [-0.15, -0.1) is 24.0 Å². The molecular weight excluding hydrogens is 485 g/mol. The van der Waals surface area contributed by atoms with Gasteiger partial charge in [-0.05, 0) is 31.0 Å². The summed E-state index contributed by atoms with van der Waals surface area (Å²) in [6, 6.07) is 12.3. The van der Waals surface area contributed by atoms with Crippen molar-refractivity contribution in [1.82, 2.24) is 15.6 Å². The fourth-order valence-corrected chi connectivity index (χ4v) is 2.45. The predicted octanol–water partition coefficient (Wildman–Crippen LogP) is 3.31. The highest BCUT2D eigenvalue weighted by molar-refractivity contribution is 14.0. The summed E-state index contributed by atoms with van der Waals surface area (Å²) in [5.74, 6) is 0.700. The van der Waals surface area contributed by atoms with E-state index >= 15 is 0 Å². The second kappa shape index (κ2) is 14.7. The molecule has 0 spiro atoms. The van der Waals surface area contributed by atoms with Crippen LogP contribution in [0.3, 0.4) is 0 Å². The lowest BCUT2D eigenvalue weighted by Crippen LogP contribution is -2.39. The fraction of sp³-hybridized carbons (Fsp3) is 0.400.